The maximum absolute atomic E-state index is 12.0. The number of carbonyl (C=O) groups is 1. The van der Waals surface area contributed by atoms with Gasteiger partial charge in [0.1, 0.15) is 6.61 Å². The molecule has 1 fully saturated rings. The Hall–Kier alpha value is -1.35. The van der Waals surface area contributed by atoms with E-state index in [1.165, 1.54) is 11.3 Å². The van der Waals surface area contributed by atoms with E-state index in [2.05, 4.69) is 17.2 Å². The van der Waals surface area contributed by atoms with Crippen molar-refractivity contribution in [1.29, 1.82) is 0 Å². The predicted octanol–water partition coefficient (Wildman–Crippen LogP) is 1.39. The van der Waals surface area contributed by atoms with Crippen molar-refractivity contribution in [1.82, 2.24) is 5.32 Å². The molecule has 1 unspecified atom stereocenters. The second-order valence-electron chi connectivity index (χ2n) is 4.74. The van der Waals surface area contributed by atoms with E-state index in [1.54, 1.807) is 11.4 Å². The van der Waals surface area contributed by atoms with Crippen LogP contribution in [0.5, 0.6) is 0 Å². The predicted molar refractivity (Wildman–Crippen MR) is 74.2 cm³/mol. The Labute approximate surface area is 116 Å². The Kier molecular flexibility index (Phi) is 4.59. The summed E-state index contributed by atoms with van der Waals surface area (Å²) in [6.45, 7) is 3.15. The van der Waals surface area contributed by atoms with Crippen molar-refractivity contribution < 1.29 is 14.6 Å². The highest BCUT2D eigenvalue weighted by Crippen LogP contribution is 2.24. The van der Waals surface area contributed by atoms with Gasteiger partial charge in [0.2, 0.25) is 0 Å². The van der Waals surface area contributed by atoms with Crippen molar-refractivity contribution in [2.45, 2.75) is 25.4 Å². The van der Waals surface area contributed by atoms with Crippen molar-refractivity contribution in [2.75, 3.05) is 19.8 Å². The maximum Gasteiger partial charge on any atom is 0.252 e. The van der Waals surface area contributed by atoms with Gasteiger partial charge in [-0.05, 0) is 25.8 Å². The Bertz CT molecular complexity index is 506. The molecule has 0 spiro atoms. The van der Waals surface area contributed by atoms with E-state index in [1.807, 2.05) is 6.92 Å². The van der Waals surface area contributed by atoms with Crippen LogP contribution in [0.3, 0.4) is 0 Å². The number of hydrogen-bond acceptors (Lipinski definition) is 4. The quantitative estimate of drug-likeness (QED) is 0.822. The fourth-order valence-electron chi connectivity index (χ4n) is 1.99. The van der Waals surface area contributed by atoms with Gasteiger partial charge >= 0.3 is 0 Å². The van der Waals surface area contributed by atoms with E-state index in [0.29, 0.717) is 12.1 Å². The molecule has 1 aromatic rings. The van der Waals surface area contributed by atoms with E-state index < -0.39 is 0 Å². The first-order valence-electron chi connectivity index (χ1n) is 6.23. The van der Waals surface area contributed by atoms with Crippen LogP contribution in [0.25, 0.3) is 0 Å². The van der Waals surface area contributed by atoms with Gasteiger partial charge in [0.15, 0.2) is 0 Å². The third kappa shape index (κ3) is 3.80. The summed E-state index contributed by atoms with van der Waals surface area (Å²) in [6, 6.07) is 1.74. The Morgan fingerprint density at radius 2 is 2.53 bits per heavy atom. The van der Waals surface area contributed by atoms with Crippen molar-refractivity contribution in [3.05, 3.63) is 21.9 Å². The Morgan fingerprint density at radius 3 is 3.21 bits per heavy atom. The molecule has 0 saturated carbocycles. The minimum absolute atomic E-state index is 0.106. The normalized spacial score (nSPS) is 21.8. The van der Waals surface area contributed by atoms with E-state index in [-0.39, 0.29) is 18.1 Å². The van der Waals surface area contributed by atoms with Crippen LogP contribution in [-0.4, -0.2) is 36.4 Å². The van der Waals surface area contributed by atoms with Gasteiger partial charge in [-0.2, -0.15) is 0 Å². The molecule has 4 nitrogen and oxygen atoms in total. The number of aliphatic hydroxyl groups is 1. The molecule has 0 aliphatic carbocycles. The summed E-state index contributed by atoms with van der Waals surface area (Å²) < 4.78 is 5.62. The molecule has 0 aromatic carbocycles. The maximum atomic E-state index is 12.0. The minimum Gasteiger partial charge on any atom is -0.384 e. The molecule has 0 radical (unpaired) electrons. The Morgan fingerprint density at radius 1 is 1.68 bits per heavy atom. The van der Waals surface area contributed by atoms with Crippen LogP contribution in [0.15, 0.2) is 11.4 Å². The molecule has 1 atom stereocenters. The molecule has 1 aliphatic heterocycles. The molecule has 102 valence electrons. The third-order valence-electron chi connectivity index (χ3n) is 3.08. The fraction of sp³-hybridized carbons (Fsp3) is 0.500. The molecule has 1 aromatic heterocycles. The van der Waals surface area contributed by atoms with Crippen molar-refractivity contribution in [3.8, 4) is 11.8 Å². The number of aliphatic hydroxyl groups excluding tert-OH is 1. The zero-order valence-electron chi connectivity index (χ0n) is 10.9. The summed E-state index contributed by atoms with van der Waals surface area (Å²) in [7, 11) is 0. The van der Waals surface area contributed by atoms with Crippen LogP contribution in [0.2, 0.25) is 0 Å². The second kappa shape index (κ2) is 6.20. The number of rotatable bonds is 3. The number of ether oxygens (including phenoxy) is 1. The smallest absolute Gasteiger partial charge is 0.252 e. The molecule has 0 bridgehead atoms. The first-order chi connectivity index (χ1) is 9.13. The van der Waals surface area contributed by atoms with E-state index in [4.69, 9.17) is 9.84 Å². The highest BCUT2D eigenvalue weighted by atomic mass is 32.1. The first kappa shape index (κ1) is 14.1. The highest BCUT2D eigenvalue weighted by Gasteiger charge is 2.30. The van der Waals surface area contributed by atoms with Crippen LogP contribution in [0.1, 0.15) is 35.0 Å². The first-order valence-corrected chi connectivity index (χ1v) is 7.11. The topological polar surface area (TPSA) is 58.6 Å². The van der Waals surface area contributed by atoms with E-state index >= 15 is 0 Å². The van der Waals surface area contributed by atoms with Crippen molar-refractivity contribution in [2.24, 2.45) is 0 Å². The minimum atomic E-state index is -0.231. The van der Waals surface area contributed by atoms with E-state index in [0.717, 1.165) is 24.3 Å². The van der Waals surface area contributed by atoms with Crippen LogP contribution < -0.4 is 5.32 Å². The van der Waals surface area contributed by atoms with Gasteiger partial charge < -0.3 is 15.2 Å². The lowest BCUT2D eigenvalue weighted by Crippen LogP contribution is -2.39. The van der Waals surface area contributed by atoms with Crippen LogP contribution in [0, 0.1) is 11.8 Å². The summed E-state index contributed by atoms with van der Waals surface area (Å²) >= 11 is 1.40. The molecule has 1 aliphatic rings. The monoisotopic (exact) mass is 279 g/mol. The lowest BCUT2D eigenvalue weighted by atomic mass is 10.0. The summed E-state index contributed by atoms with van der Waals surface area (Å²) in [4.78, 5) is 12.8. The second-order valence-corrected chi connectivity index (χ2v) is 5.66. The zero-order chi connectivity index (χ0) is 13.7. The Balaban J connectivity index is 1.91. The largest absolute Gasteiger partial charge is 0.384 e. The zero-order valence-corrected chi connectivity index (χ0v) is 11.7. The molecule has 5 heteroatoms. The molecule has 2 rings (SSSR count). The van der Waals surface area contributed by atoms with E-state index in [9.17, 15) is 4.79 Å². The standard InChI is InChI=1S/C14H17NO3S/c1-14(5-3-7-18-14)10-15-13(17)11-8-12(19-9-11)4-2-6-16/h8-9,16H,3,5-7,10H2,1H3,(H,15,17). The highest BCUT2D eigenvalue weighted by molar-refractivity contribution is 7.10. The summed E-state index contributed by atoms with van der Waals surface area (Å²) in [5, 5.41) is 13.3. The van der Waals surface area contributed by atoms with Crippen LogP contribution >= 0.6 is 11.3 Å². The average molecular weight is 279 g/mol. The van der Waals surface area contributed by atoms with Gasteiger partial charge in [-0.15, -0.1) is 11.3 Å². The van der Waals surface area contributed by atoms with Gasteiger partial charge in [-0.1, -0.05) is 11.8 Å². The average Bonchev–Trinajstić information content (AvgIpc) is 3.03. The SMILES string of the molecule is CC1(CNC(=O)c2csc(C#CCO)c2)CCCO1. The van der Waals surface area contributed by atoms with Gasteiger partial charge in [-0.25, -0.2) is 0 Å². The van der Waals surface area contributed by atoms with Gasteiger partial charge in [0, 0.05) is 18.5 Å². The summed E-state index contributed by atoms with van der Waals surface area (Å²) in [6.07, 6.45) is 2.02. The summed E-state index contributed by atoms with van der Waals surface area (Å²) in [5.41, 5.74) is 0.374. The molecule has 1 saturated heterocycles. The molecule has 19 heavy (non-hydrogen) atoms. The number of thiophene rings is 1. The molecule has 2 heterocycles. The lowest BCUT2D eigenvalue weighted by Gasteiger charge is -2.23. The molecule has 2 N–H and O–H groups in total. The van der Waals surface area contributed by atoms with Gasteiger partial charge in [0.05, 0.1) is 16.0 Å². The number of carbonyl (C=O) groups excluding carboxylic acids is 1. The number of hydrogen-bond donors (Lipinski definition) is 2. The van der Waals surface area contributed by atoms with Gasteiger partial charge in [0.25, 0.3) is 5.91 Å². The molecule has 1 amide bonds. The van der Waals surface area contributed by atoms with Crippen LogP contribution in [0.4, 0.5) is 0 Å². The lowest BCUT2D eigenvalue weighted by molar-refractivity contribution is 0.0206. The van der Waals surface area contributed by atoms with Crippen molar-refractivity contribution >= 4 is 17.2 Å². The van der Waals surface area contributed by atoms with Gasteiger partial charge in [-0.3, -0.25) is 4.79 Å². The summed E-state index contributed by atoms with van der Waals surface area (Å²) in [5.74, 6) is 5.25. The fourth-order valence-corrected chi connectivity index (χ4v) is 2.75. The number of amides is 1. The van der Waals surface area contributed by atoms with Crippen LogP contribution in [-0.2, 0) is 4.74 Å². The third-order valence-corrected chi connectivity index (χ3v) is 3.92. The molecular weight excluding hydrogens is 262 g/mol. The number of nitrogens with one attached hydrogen (secondary N) is 1. The molecular formula is C14H17NO3S. The van der Waals surface area contributed by atoms with Crippen molar-refractivity contribution in [3.63, 3.8) is 0 Å².